The number of hydrogen-bond acceptors (Lipinski definition) is 6. The van der Waals surface area contributed by atoms with E-state index in [4.69, 9.17) is 5.11 Å². The monoisotopic (exact) mass is 302 g/mol. The Morgan fingerprint density at radius 3 is 2.82 bits per heavy atom. The number of rotatable bonds is 4. The molecule has 0 unspecified atom stereocenters. The quantitative estimate of drug-likeness (QED) is 0.895. The smallest absolute Gasteiger partial charge is 0.130 e. The Labute approximate surface area is 129 Å². The van der Waals surface area contributed by atoms with Gasteiger partial charge in [-0.15, -0.1) is 5.10 Å². The summed E-state index contributed by atoms with van der Waals surface area (Å²) in [4.78, 5) is 8.78. The SMILES string of the molecule is Cc1cc(N[C@H]2CCCC[C@H]2n2cc(CO)nn2)nc(C)n1. The van der Waals surface area contributed by atoms with Crippen LogP contribution < -0.4 is 5.32 Å². The molecule has 1 aliphatic carbocycles. The maximum Gasteiger partial charge on any atom is 0.130 e. The molecule has 0 aromatic carbocycles. The van der Waals surface area contributed by atoms with Crippen LogP contribution in [0.5, 0.6) is 0 Å². The van der Waals surface area contributed by atoms with E-state index < -0.39 is 0 Å². The minimum Gasteiger partial charge on any atom is -0.390 e. The van der Waals surface area contributed by atoms with Gasteiger partial charge in [0.25, 0.3) is 0 Å². The van der Waals surface area contributed by atoms with Crippen LogP contribution in [0.3, 0.4) is 0 Å². The lowest BCUT2D eigenvalue weighted by Crippen LogP contribution is -2.35. The highest BCUT2D eigenvalue weighted by Crippen LogP contribution is 2.30. The summed E-state index contributed by atoms with van der Waals surface area (Å²) >= 11 is 0. The molecule has 1 fully saturated rings. The van der Waals surface area contributed by atoms with E-state index in [1.54, 1.807) is 0 Å². The average Bonchev–Trinajstić information content (AvgIpc) is 2.95. The van der Waals surface area contributed by atoms with Crippen molar-refractivity contribution >= 4 is 5.82 Å². The highest BCUT2D eigenvalue weighted by molar-refractivity contribution is 5.37. The molecule has 2 aromatic heterocycles. The van der Waals surface area contributed by atoms with Crippen molar-refractivity contribution < 1.29 is 5.11 Å². The van der Waals surface area contributed by atoms with Crippen molar-refractivity contribution in [2.75, 3.05) is 5.32 Å². The van der Waals surface area contributed by atoms with Crippen LogP contribution in [-0.2, 0) is 6.61 Å². The summed E-state index contributed by atoms with van der Waals surface area (Å²) in [6.45, 7) is 3.81. The van der Waals surface area contributed by atoms with Crippen LogP contribution >= 0.6 is 0 Å². The van der Waals surface area contributed by atoms with E-state index in [9.17, 15) is 0 Å². The Morgan fingerprint density at radius 2 is 2.09 bits per heavy atom. The Balaban J connectivity index is 1.80. The van der Waals surface area contributed by atoms with Gasteiger partial charge in [-0.1, -0.05) is 18.1 Å². The Hall–Kier alpha value is -2.02. The van der Waals surface area contributed by atoms with E-state index >= 15 is 0 Å². The molecule has 2 N–H and O–H groups in total. The number of aliphatic hydroxyl groups is 1. The molecule has 7 nitrogen and oxygen atoms in total. The van der Waals surface area contributed by atoms with Gasteiger partial charge in [0.2, 0.25) is 0 Å². The zero-order valence-electron chi connectivity index (χ0n) is 13.0. The number of aromatic nitrogens is 5. The van der Waals surface area contributed by atoms with Crippen molar-refractivity contribution in [3.63, 3.8) is 0 Å². The fourth-order valence-electron chi connectivity index (χ4n) is 3.13. The van der Waals surface area contributed by atoms with E-state index in [1.165, 1.54) is 12.8 Å². The minimum atomic E-state index is -0.0743. The molecule has 0 aliphatic heterocycles. The lowest BCUT2D eigenvalue weighted by molar-refractivity contribution is 0.276. The fourth-order valence-corrected chi connectivity index (χ4v) is 3.13. The Kier molecular flexibility index (Phi) is 4.33. The maximum absolute atomic E-state index is 9.16. The largest absolute Gasteiger partial charge is 0.390 e. The first-order valence-corrected chi connectivity index (χ1v) is 7.76. The number of anilines is 1. The summed E-state index contributed by atoms with van der Waals surface area (Å²) in [6, 6.07) is 2.46. The molecule has 0 spiro atoms. The second-order valence-corrected chi connectivity index (χ2v) is 5.89. The molecule has 0 amide bonds. The standard InChI is InChI=1S/C15H22N6O/c1-10-7-15(17-11(2)16-10)18-13-5-3-4-6-14(13)21-8-12(9-22)19-20-21/h7-8,13-14,22H,3-6,9H2,1-2H3,(H,16,17,18)/t13-,14+/m0/s1. The molecule has 1 saturated carbocycles. The first kappa shape index (κ1) is 14.9. The molecule has 3 rings (SSSR count). The van der Waals surface area contributed by atoms with Crippen LogP contribution in [0.4, 0.5) is 5.82 Å². The molecule has 7 heteroatoms. The molecule has 1 aliphatic rings. The van der Waals surface area contributed by atoms with Gasteiger partial charge in [0.1, 0.15) is 17.3 Å². The molecule has 118 valence electrons. The maximum atomic E-state index is 9.16. The van der Waals surface area contributed by atoms with Crippen LogP contribution in [0, 0.1) is 13.8 Å². The molecule has 0 bridgehead atoms. The van der Waals surface area contributed by atoms with Crippen molar-refractivity contribution in [1.82, 2.24) is 25.0 Å². The molecule has 2 heterocycles. The zero-order valence-corrected chi connectivity index (χ0v) is 13.0. The van der Waals surface area contributed by atoms with Crippen molar-refractivity contribution in [1.29, 1.82) is 0 Å². The fraction of sp³-hybridized carbons (Fsp3) is 0.600. The van der Waals surface area contributed by atoms with Gasteiger partial charge < -0.3 is 10.4 Å². The van der Waals surface area contributed by atoms with Gasteiger partial charge in [-0.05, 0) is 26.7 Å². The second kappa shape index (κ2) is 6.39. The molecular weight excluding hydrogens is 280 g/mol. The summed E-state index contributed by atoms with van der Waals surface area (Å²) in [7, 11) is 0. The Morgan fingerprint density at radius 1 is 1.27 bits per heavy atom. The van der Waals surface area contributed by atoms with Gasteiger partial charge in [0, 0.05) is 11.8 Å². The normalized spacial score (nSPS) is 21.8. The van der Waals surface area contributed by atoms with Crippen molar-refractivity contribution in [2.45, 2.75) is 58.2 Å². The van der Waals surface area contributed by atoms with Gasteiger partial charge in [0.15, 0.2) is 0 Å². The third-order valence-corrected chi connectivity index (χ3v) is 4.09. The summed E-state index contributed by atoms with van der Waals surface area (Å²) < 4.78 is 1.88. The average molecular weight is 302 g/mol. The van der Waals surface area contributed by atoms with Crippen molar-refractivity contribution in [3.05, 3.63) is 29.5 Å². The summed E-state index contributed by atoms with van der Waals surface area (Å²) in [6.07, 6.45) is 6.33. The highest BCUT2D eigenvalue weighted by Gasteiger charge is 2.28. The second-order valence-electron chi connectivity index (χ2n) is 5.89. The Bertz CT molecular complexity index is 620. The molecule has 0 saturated heterocycles. The molecule has 22 heavy (non-hydrogen) atoms. The summed E-state index contributed by atoms with van der Waals surface area (Å²) in [5.74, 6) is 1.64. The van der Waals surface area contributed by atoms with Crippen LogP contribution in [0.25, 0.3) is 0 Å². The number of aryl methyl sites for hydroxylation is 2. The molecular formula is C15H22N6O. The first-order valence-electron chi connectivity index (χ1n) is 7.76. The minimum absolute atomic E-state index is 0.0743. The van der Waals surface area contributed by atoms with Gasteiger partial charge in [-0.25, -0.2) is 14.6 Å². The van der Waals surface area contributed by atoms with Crippen LogP contribution in [0.2, 0.25) is 0 Å². The van der Waals surface area contributed by atoms with E-state index in [0.29, 0.717) is 5.69 Å². The van der Waals surface area contributed by atoms with Gasteiger partial charge >= 0.3 is 0 Å². The first-order chi connectivity index (χ1) is 10.7. The predicted molar refractivity (Wildman–Crippen MR) is 82.4 cm³/mol. The summed E-state index contributed by atoms with van der Waals surface area (Å²) in [5.41, 5.74) is 1.57. The molecule has 0 radical (unpaired) electrons. The van der Waals surface area contributed by atoms with E-state index in [-0.39, 0.29) is 18.7 Å². The topological polar surface area (TPSA) is 88.8 Å². The third kappa shape index (κ3) is 3.24. The number of aliphatic hydroxyl groups excluding tert-OH is 1. The summed E-state index contributed by atoms with van der Waals surface area (Å²) in [5, 5.41) is 20.9. The highest BCUT2D eigenvalue weighted by atomic mass is 16.3. The lowest BCUT2D eigenvalue weighted by atomic mass is 9.90. The molecule has 2 aromatic rings. The lowest BCUT2D eigenvalue weighted by Gasteiger charge is -2.32. The van der Waals surface area contributed by atoms with Crippen LogP contribution in [0.15, 0.2) is 12.3 Å². The third-order valence-electron chi connectivity index (χ3n) is 4.09. The predicted octanol–water partition coefficient (Wildman–Crippen LogP) is 1.77. The van der Waals surface area contributed by atoms with Crippen LogP contribution in [-0.4, -0.2) is 36.1 Å². The number of nitrogens with one attached hydrogen (secondary N) is 1. The zero-order chi connectivity index (χ0) is 15.5. The van der Waals surface area contributed by atoms with E-state index in [1.807, 2.05) is 30.8 Å². The van der Waals surface area contributed by atoms with Crippen LogP contribution in [0.1, 0.15) is 48.9 Å². The van der Waals surface area contributed by atoms with E-state index in [2.05, 4.69) is 25.6 Å². The van der Waals surface area contributed by atoms with Crippen molar-refractivity contribution in [3.8, 4) is 0 Å². The van der Waals surface area contributed by atoms with Gasteiger partial charge in [-0.3, -0.25) is 0 Å². The number of nitrogens with zero attached hydrogens (tertiary/aromatic N) is 5. The van der Waals surface area contributed by atoms with Crippen molar-refractivity contribution in [2.24, 2.45) is 0 Å². The number of hydrogen-bond donors (Lipinski definition) is 2. The molecule has 2 atom stereocenters. The van der Waals surface area contributed by atoms with Gasteiger partial charge in [-0.2, -0.15) is 0 Å². The van der Waals surface area contributed by atoms with Gasteiger partial charge in [0.05, 0.1) is 24.9 Å². The van der Waals surface area contributed by atoms with E-state index in [0.717, 1.165) is 30.2 Å².